The molecule has 0 radical (unpaired) electrons. The van der Waals surface area contributed by atoms with Crippen LogP contribution in [0.2, 0.25) is 0 Å². The minimum atomic E-state index is -0.695. The molecule has 3 N–H and O–H groups in total. The number of nitrogen functional groups attached to an aromatic ring is 1. The Bertz CT molecular complexity index is 797. The molecule has 1 amide bonds. The molecule has 144 valence electrons. The number of unbranched alkanes of at least 4 members (excludes halogenated alkanes) is 1. The zero-order valence-corrected chi connectivity index (χ0v) is 15.9. The summed E-state index contributed by atoms with van der Waals surface area (Å²) in [5.41, 5.74) is 7.17. The highest BCUT2D eigenvalue weighted by molar-refractivity contribution is 7.10. The molecule has 0 bridgehead atoms. The molecule has 8 nitrogen and oxygen atoms in total. The van der Waals surface area contributed by atoms with Crippen LogP contribution in [0.1, 0.15) is 46.2 Å². The number of benzene rings is 1. The van der Waals surface area contributed by atoms with E-state index in [1.807, 2.05) is 6.92 Å². The van der Waals surface area contributed by atoms with Crippen LogP contribution in [-0.2, 0) is 14.3 Å². The van der Waals surface area contributed by atoms with Gasteiger partial charge in [0.05, 0.1) is 17.9 Å². The van der Waals surface area contributed by atoms with Crippen molar-refractivity contribution in [2.75, 3.05) is 24.3 Å². The quantitative estimate of drug-likeness (QED) is 0.524. The van der Waals surface area contributed by atoms with Crippen molar-refractivity contribution in [2.45, 2.75) is 26.7 Å². The van der Waals surface area contributed by atoms with Crippen LogP contribution in [0.15, 0.2) is 24.3 Å². The molecule has 27 heavy (non-hydrogen) atoms. The van der Waals surface area contributed by atoms with E-state index in [9.17, 15) is 14.4 Å². The van der Waals surface area contributed by atoms with Crippen LogP contribution in [0.25, 0.3) is 0 Å². The SMILES string of the molecule is CCCCOC(=O)c1ccc(NC(=O)COC(=O)c2c(C)nsc2N)cc1. The average Bonchev–Trinajstić information content (AvgIpc) is 2.99. The number of nitrogens with zero attached hydrogens (tertiary/aromatic N) is 1. The van der Waals surface area contributed by atoms with Gasteiger partial charge in [-0.15, -0.1) is 0 Å². The van der Waals surface area contributed by atoms with Crippen LogP contribution in [-0.4, -0.2) is 35.4 Å². The second-order valence-corrected chi connectivity index (χ2v) is 6.50. The summed E-state index contributed by atoms with van der Waals surface area (Å²) < 4.78 is 14.0. The highest BCUT2D eigenvalue weighted by Crippen LogP contribution is 2.21. The van der Waals surface area contributed by atoms with Crippen LogP contribution in [0.3, 0.4) is 0 Å². The zero-order valence-electron chi connectivity index (χ0n) is 15.1. The second kappa shape index (κ2) is 9.67. The largest absolute Gasteiger partial charge is 0.462 e. The zero-order chi connectivity index (χ0) is 19.8. The van der Waals surface area contributed by atoms with Crippen molar-refractivity contribution >= 4 is 40.1 Å². The van der Waals surface area contributed by atoms with Crippen molar-refractivity contribution in [1.29, 1.82) is 0 Å². The Morgan fingerprint density at radius 2 is 1.85 bits per heavy atom. The number of amides is 1. The fraction of sp³-hybridized carbons (Fsp3) is 0.333. The van der Waals surface area contributed by atoms with Crippen molar-refractivity contribution < 1.29 is 23.9 Å². The van der Waals surface area contributed by atoms with Gasteiger partial charge in [-0.05, 0) is 49.1 Å². The van der Waals surface area contributed by atoms with E-state index in [1.54, 1.807) is 31.2 Å². The van der Waals surface area contributed by atoms with Gasteiger partial charge in [-0.3, -0.25) is 4.79 Å². The maximum Gasteiger partial charge on any atom is 0.343 e. The van der Waals surface area contributed by atoms with Gasteiger partial charge in [-0.2, -0.15) is 4.37 Å². The Morgan fingerprint density at radius 3 is 2.44 bits per heavy atom. The van der Waals surface area contributed by atoms with Crippen LogP contribution < -0.4 is 11.1 Å². The smallest absolute Gasteiger partial charge is 0.343 e. The van der Waals surface area contributed by atoms with Crippen LogP contribution in [0.5, 0.6) is 0 Å². The van der Waals surface area contributed by atoms with Gasteiger partial charge in [0.2, 0.25) is 0 Å². The minimum absolute atomic E-state index is 0.179. The number of carbonyl (C=O) groups excluding carboxylic acids is 3. The Labute approximate surface area is 160 Å². The van der Waals surface area contributed by atoms with Gasteiger partial charge in [0.25, 0.3) is 5.91 Å². The molecule has 1 aromatic carbocycles. The molecule has 0 atom stereocenters. The predicted molar refractivity (Wildman–Crippen MR) is 102 cm³/mol. The fourth-order valence-electron chi connectivity index (χ4n) is 2.12. The second-order valence-electron chi connectivity index (χ2n) is 5.70. The lowest BCUT2D eigenvalue weighted by molar-refractivity contribution is -0.119. The van der Waals surface area contributed by atoms with Gasteiger partial charge in [0.1, 0.15) is 10.6 Å². The van der Waals surface area contributed by atoms with Gasteiger partial charge in [-0.25, -0.2) is 9.59 Å². The number of carbonyl (C=O) groups is 3. The fourth-order valence-corrected chi connectivity index (χ4v) is 2.77. The first-order chi connectivity index (χ1) is 12.9. The molecule has 0 spiro atoms. The lowest BCUT2D eigenvalue weighted by Gasteiger charge is -2.08. The number of nitrogens with two attached hydrogens (primary N) is 1. The lowest BCUT2D eigenvalue weighted by Crippen LogP contribution is -2.21. The van der Waals surface area contributed by atoms with Crippen LogP contribution >= 0.6 is 11.5 Å². The topological polar surface area (TPSA) is 121 Å². The first-order valence-corrected chi connectivity index (χ1v) is 9.15. The van der Waals surface area contributed by atoms with Gasteiger partial charge >= 0.3 is 11.9 Å². The maximum atomic E-state index is 12.0. The summed E-state index contributed by atoms with van der Waals surface area (Å²) in [6, 6.07) is 6.25. The summed E-state index contributed by atoms with van der Waals surface area (Å²) in [4.78, 5) is 35.7. The van der Waals surface area contributed by atoms with Crippen molar-refractivity contribution in [3.63, 3.8) is 0 Å². The molecule has 9 heteroatoms. The number of nitrogens with one attached hydrogen (secondary N) is 1. The summed E-state index contributed by atoms with van der Waals surface area (Å²) in [5, 5.41) is 2.83. The van der Waals surface area contributed by atoms with E-state index in [2.05, 4.69) is 9.69 Å². The maximum absolute atomic E-state index is 12.0. The van der Waals surface area contributed by atoms with Crippen molar-refractivity contribution in [1.82, 2.24) is 4.37 Å². The Balaban J connectivity index is 1.83. The Morgan fingerprint density at radius 1 is 1.15 bits per heavy atom. The summed E-state index contributed by atoms with van der Waals surface area (Å²) in [5.74, 6) is -1.62. The third-order valence-corrected chi connectivity index (χ3v) is 4.33. The average molecular weight is 391 g/mol. The van der Waals surface area contributed by atoms with Crippen LogP contribution in [0.4, 0.5) is 10.7 Å². The number of rotatable bonds is 8. The molecule has 2 rings (SSSR count). The highest BCUT2D eigenvalue weighted by atomic mass is 32.1. The molecule has 0 aliphatic carbocycles. The van der Waals surface area contributed by atoms with E-state index in [0.717, 1.165) is 24.4 Å². The number of hydrogen-bond acceptors (Lipinski definition) is 8. The van der Waals surface area contributed by atoms with Gasteiger partial charge < -0.3 is 20.5 Å². The van der Waals surface area contributed by atoms with E-state index >= 15 is 0 Å². The highest BCUT2D eigenvalue weighted by Gasteiger charge is 2.19. The molecule has 0 saturated heterocycles. The Hall–Kier alpha value is -2.94. The standard InChI is InChI=1S/C18H21N3O5S/c1-3-4-9-25-17(23)12-5-7-13(8-6-12)20-14(22)10-26-18(24)15-11(2)21-27-16(15)19/h5-8H,3-4,9-10,19H2,1-2H3,(H,20,22). The summed E-state index contributed by atoms with van der Waals surface area (Å²) in [6.07, 6.45) is 1.75. The van der Waals surface area contributed by atoms with Crippen LogP contribution in [0, 0.1) is 6.92 Å². The number of ether oxygens (including phenoxy) is 2. The van der Waals surface area contributed by atoms with Gasteiger partial charge in [0.15, 0.2) is 6.61 Å². The number of hydrogen-bond donors (Lipinski definition) is 2. The van der Waals surface area contributed by atoms with E-state index in [-0.39, 0.29) is 10.6 Å². The molecule has 0 aliphatic heterocycles. The molecule has 0 saturated carbocycles. The van der Waals surface area contributed by atoms with E-state index in [1.165, 1.54) is 0 Å². The monoisotopic (exact) mass is 391 g/mol. The van der Waals surface area contributed by atoms with E-state index < -0.39 is 24.5 Å². The lowest BCUT2D eigenvalue weighted by atomic mass is 10.2. The Kier molecular flexibility index (Phi) is 7.30. The minimum Gasteiger partial charge on any atom is -0.462 e. The predicted octanol–water partition coefficient (Wildman–Crippen LogP) is 2.79. The molecule has 1 heterocycles. The summed E-state index contributed by atoms with van der Waals surface area (Å²) >= 11 is 0.994. The van der Waals surface area contributed by atoms with E-state index in [0.29, 0.717) is 23.6 Å². The van der Waals surface area contributed by atoms with Crippen molar-refractivity contribution in [3.05, 3.63) is 41.1 Å². The summed E-state index contributed by atoms with van der Waals surface area (Å²) in [7, 11) is 0. The normalized spacial score (nSPS) is 10.3. The first kappa shape index (κ1) is 20.4. The molecule has 1 aromatic heterocycles. The third kappa shape index (κ3) is 5.78. The number of aryl methyl sites for hydroxylation is 1. The summed E-state index contributed by atoms with van der Waals surface area (Å²) in [6.45, 7) is 3.56. The molecule has 2 aromatic rings. The van der Waals surface area contributed by atoms with Crippen molar-refractivity contribution in [2.24, 2.45) is 0 Å². The first-order valence-electron chi connectivity index (χ1n) is 8.38. The van der Waals surface area contributed by atoms with Gasteiger partial charge in [-0.1, -0.05) is 13.3 Å². The number of anilines is 2. The molecule has 0 unspecified atom stereocenters. The number of esters is 2. The molecule has 0 fully saturated rings. The van der Waals surface area contributed by atoms with Crippen molar-refractivity contribution in [3.8, 4) is 0 Å². The van der Waals surface area contributed by atoms with Gasteiger partial charge in [0, 0.05) is 5.69 Å². The molecule has 0 aliphatic rings. The third-order valence-electron chi connectivity index (χ3n) is 3.56. The van der Waals surface area contributed by atoms with E-state index in [4.69, 9.17) is 15.2 Å². The molecular formula is C18H21N3O5S. The molecular weight excluding hydrogens is 370 g/mol. The number of aromatic nitrogens is 1.